The van der Waals surface area contributed by atoms with E-state index in [-0.39, 0.29) is 11.8 Å². The summed E-state index contributed by atoms with van der Waals surface area (Å²) >= 11 is 0. The number of isocyanates is 2. The molecule has 0 saturated carbocycles. The summed E-state index contributed by atoms with van der Waals surface area (Å²) in [7, 11) is 8.46. The Morgan fingerprint density at radius 2 is 0.955 bits per heavy atom. The number of carbonyl (C=O) groups is 2. The molecule has 132 valence electrons. The van der Waals surface area contributed by atoms with Gasteiger partial charge in [-0.25, -0.2) is 19.6 Å². The van der Waals surface area contributed by atoms with Crippen LogP contribution in [0.1, 0.15) is 13.8 Å². The van der Waals surface area contributed by atoms with Gasteiger partial charge < -0.3 is 21.5 Å². The van der Waals surface area contributed by atoms with Crippen molar-refractivity contribution in [1.82, 2.24) is 10.6 Å². The van der Waals surface area contributed by atoms with E-state index in [2.05, 4.69) is 26.4 Å². The SMILES string of the molecule is CN.CN=C=O.CN=C=O.CNC(C)=O.CNC(C)=O.CO. The fourth-order valence-corrected chi connectivity index (χ4v) is 0. The first-order valence-electron chi connectivity index (χ1n) is 5.68. The zero-order chi connectivity index (χ0) is 19.4. The number of aliphatic hydroxyl groups excluding tert-OH is 1. The Kier molecular flexibility index (Phi) is 104. The zero-order valence-electron chi connectivity index (χ0n) is 14.6. The number of nitrogens with zero attached hydrogens (tertiary/aromatic N) is 2. The molecule has 0 atom stereocenters. The van der Waals surface area contributed by atoms with Crippen LogP contribution in [0.5, 0.6) is 0 Å². The van der Waals surface area contributed by atoms with Crippen molar-refractivity contribution in [3.05, 3.63) is 0 Å². The van der Waals surface area contributed by atoms with Crippen LogP contribution in [0.4, 0.5) is 0 Å². The van der Waals surface area contributed by atoms with Crippen molar-refractivity contribution in [2.24, 2.45) is 15.7 Å². The fourth-order valence-electron chi connectivity index (χ4n) is 0. The Labute approximate surface area is 131 Å². The van der Waals surface area contributed by atoms with Gasteiger partial charge in [0.2, 0.25) is 24.0 Å². The molecule has 5 N–H and O–H groups in total. The highest BCUT2D eigenvalue weighted by Crippen LogP contribution is 1.45. The maximum atomic E-state index is 9.70. The highest BCUT2D eigenvalue weighted by atomic mass is 16.2. The Balaban J connectivity index is -0.0000000362. The molecule has 0 unspecified atom stereocenters. The van der Waals surface area contributed by atoms with Crippen LogP contribution in [-0.4, -0.2) is 71.4 Å². The second-order valence-corrected chi connectivity index (χ2v) is 2.24. The minimum Gasteiger partial charge on any atom is -0.400 e. The van der Waals surface area contributed by atoms with Gasteiger partial charge in [0.25, 0.3) is 0 Å². The summed E-state index contributed by atoms with van der Waals surface area (Å²) in [5, 5.41) is 11.8. The molecule has 0 aliphatic heterocycles. The molecule has 10 heteroatoms. The second-order valence-electron chi connectivity index (χ2n) is 2.24. The quantitative estimate of drug-likeness (QED) is 0.316. The van der Waals surface area contributed by atoms with Crippen molar-refractivity contribution in [3.63, 3.8) is 0 Å². The molecule has 0 aliphatic rings. The highest BCUT2D eigenvalue weighted by molar-refractivity contribution is 5.72. The molecule has 0 heterocycles. The predicted octanol–water partition coefficient (Wildman–Crippen LogP) is -1.41. The van der Waals surface area contributed by atoms with Gasteiger partial charge in [0.05, 0.1) is 0 Å². The van der Waals surface area contributed by atoms with E-state index in [0.29, 0.717) is 0 Å². The third kappa shape index (κ3) is 371. The first-order chi connectivity index (χ1) is 10.4. The molecule has 0 fully saturated rings. The highest BCUT2D eigenvalue weighted by Gasteiger charge is 1.73. The Morgan fingerprint density at radius 3 is 0.955 bits per heavy atom. The summed E-state index contributed by atoms with van der Waals surface area (Å²) in [6.07, 6.45) is 2.61. The van der Waals surface area contributed by atoms with Gasteiger partial charge in [-0.2, -0.15) is 0 Å². The molecular formula is C12H29N5O5. The number of carbonyl (C=O) groups excluding carboxylic acids is 4. The van der Waals surface area contributed by atoms with Crippen molar-refractivity contribution in [2.75, 3.05) is 42.3 Å². The molecule has 2 amide bonds. The predicted molar refractivity (Wildman–Crippen MR) is 85.8 cm³/mol. The number of aliphatic imine (C=N–C) groups is 2. The van der Waals surface area contributed by atoms with E-state index in [1.54, 1.807) is 14.1 Å². The van der Waals surface area contributed by atoms with E-state index in [1.807, 2.05) is 0 Å². The van der Waals surface area contributed by atoms with E-state index < -0.39 is 0 Å². The van der Waals surface area contributed by atoms with E-state index in [4.69, 9.17) is 14.7 Å². The minimum absolute atomic E-state index is 0.00463. The number of hydrogen-bond donors (Lipinski definition) is 4. The molecule has 0 bridgehead atoms. The van der Waals surface area contributed by atoms with Gasteiger partial charge in [-0.3, -0.25) is 9.59 Å². The second kappa shape index (κ2) is 62.5. The lowest BCUT2D eigenvalue weighted by Crippen LogP contribution is -2.11. The van der Waals surface area contributed by atoms with Gasteiger partial charge in [0.1, 0.15) is 0 Å². The summed E-state index contributed by atoms with van der Waals surface area (Å²) in [6, 6.07) is 0. The smallest absolute Gasteiger partial charge is 0.234 e. The molecule has 0 rings (SSSR count). The Morgan fingerprint density at radius 1 is 0.864 bits per heavy atom. The van der Waals surface area contributed by atoms with Crippen LogP contribution >= 0.6 is 0 Å². The van der Waals surface area contributed by atoms with Crippen molar-refractivity contribution < 1.29 is 24.3 Å². The number of hydrogen-bond acceptors (Lipinski definition) is 8. The van der Waals surface area contributed by atoms with Gasteiger partial charge in [0.15, 0.2) is 0 Å². The molecule has 0 saturated heterocycles. The average molecular weight is 323 g/mol. The zero-order valence-corrected chi connectivity index (χ0v) is 14.6. The number of rotatable bonds is 0. The lowest BCUT2D eigenvalue weighted by atomic mass is 10.7. The molecule has 22 heavy (non-hydrogen) atoms. The van der Waals surface area contributed by atoms with E-state index >= 15 is 0 Å². The van der Waals surface area contributed by atoms with Crippen molar-refractivity contribution >= 4 is 24.0 Å². The van der Waals surface area contributed by atoms with Crippen LogP contribution in [0, 0.1) is 0 Å². The molecular weight excluding hydrogens is 294 g/mol. The first kappa shape index (κ1) is 36.7. The van der Waals surface area contributed by atoms with Crippen LogP contribution in [0.15, 0.2) is 9.98 Å². The van der Waals surface area contributed by atoms with Crippen LogP contribution in [-0.2, 0) is 19.2 Å². The molecule has 0 radical (unpaired) electrons. The van der Waals surface area contributed by atoms with Crippen molar-refractivity contribution in [2.45, 2.75) is 13.8 Å². The number of aliphatic hydroxyl groups is 1. The van der Waals surface area contributed by atoms with Gasteiger partial charge in [0, 0.05) is 49.1 Å². The van der Waals surface area contributed by atoms with Crippen molar-refractivity contribution in [1.29, 1.82) is 0 Å². The minimum atomic E-state index is 0.00463. The summed E-state index contributed by atoms with van der Waals surface area (Å²) in [6.45, 7) is 2.94. The van der Waals surface area contributed by atoms with Crippen LogP contribution in [0.25, 0.3) is 0 Å². The van der Waals surface area contributed by atoms with Gasteiger partial charge in [-0.15, -0.1) is 0 Å². The summed E-state index contributed by atoms with van der Waals surface area (Å²) < 4.78 is 0. The monoisotopic (exact) mass is 323 g/mol. The number of nitrogens with two attached hydrogens (primary N) is 1. The maximum Gasteiger partial charge on any atom is 0.234 e. The van der Waals surface area contributed by atoms with Gasteiger partial charge >= 0.3 is 0 Å². The molecule has 0 aliphatic carbocycles. The van der Waals surface area contributed by atoms with Gasteiger partial charge in [-0.05, 0) is 7.05 Å². The van der Waals surface area contributed by atoms with Crippen molar-refractivity contribution in [3.8, 4) is 0 Å². The van der Waals surface area contributed by atoms with E-state index in [9.17, 15) is 9.59 Å². The molecule has 10 nitrogen and oxygen atoms in total. The van der Waals surface area contributed by atoms with E-state index in [1.165, 1.54) is 47.2 Å². The fraction of sp³-hybridized carbons (Fsp3) is 0.667. The lowest BCUT2D eigenvalue weighted by molar-refractivity contribution is -0.119. The standard InChI is InChI=1S/2C3H7NO.2C2H3NO.CH5N.CH4O/c2*1-3(5)4-2;2*1-3-2-4;2*1-2/h2*1-2H3,(H,4,5);2*1H3;2H2,1H3;2H,1H3. The van der Waals surface area contributed by atoms with Crippen LogP contribution in [0.2, 0.25) is 0 Å². The van der Waals surface area contributed by atoms with E-state index in [0.717, 1.165) is 7.11 Å². The average Bonchev–Trinajstić information content (AvgIpc) is 2.59. The number of nitrogens with one attached hydrogen (secondary N) is 2. The largest absolute Gasteiger partial charge is 0.400 e. The molecule has 0 spiro atoms. The molecule has 0 aromatic heterocycles. The maximum absolute atomic E-state index is 9.70. The third-order valence-corrected chi connectivity index (χ3v) is 0.887. The molecule has 0 aromatic rings. The van der Waals surface area contributed by atoms with Crippen LogP contribution < -0.4 is 16.4 Å². The normalized spacial score (nSPS) is 5.18. The Hall–Kier alpha value is -2.38. The summed E-state index contributed by atoms with van der Waals surface area (Å²) in [5.74, 6) is 0.00926. The lowest BCUT2D eigenvalue weighted by Gasteiger charge is -1.80. The third-order valence-electron chi connectivity index (χ3n) is 0.887. The Bertz CT molecular complexity index is 268. The van der Waals surface area contributed by atoms with Gasteiger partial charge in [-0.1, -0.05) is 0 Å². The first-order valence-corrected chi connectivity index (χ1v) is 5.68. The topological polar surface area (TPSA) is 163 Å². The molecule has 0 aromatic carbocycles. The van der Waals surface area contributed by atoms with Crippen LogP contribution in [0.3, 0.4) is 0 Å². The number of amides is 2. The summed E-state index contributed by atoms with van der Waals surface area (Å²) in [4.78, 5) is 43.0. The summed E-state index contributed by atoms with van der Waals surface area (Å²) in [5.41, 5.74) is 4.50.